The van der Waals surface area contributed by atoms with Crippen LogP contribution < -0.4 is 0 Å². The highest BCUT2D eigenvalue weighted by atomic mass is 16.5. The van der Waals surface area contributed by atoms with Gasteiger partial charge in [0, 0.05) is 6.42 Å². The number of nitrogens with zero attached hydrogens (tertiary/aromatic N) is 2. The van der Waals surface area contributed by atoms with Crippen molar-refractivity contribution >= 4 is 16.7 Å². The lowest BCUT2D eigenvalue weighted by Gasteiger charge is -2.07. The number of ether oxygens (including phenoxy) is 1. The number of hydrogen-bond acceptors (Lipinski definition) is 4. The summed E-state index contributed by atoms with van der Waals surface area (Å²) < 4.78 is 11.4. The third-order valence-electron chi connectivity index (χ3n) is 4.57. The molecule has 1 aliphatic heterocycles. The fourth-order valence-electron chi connectivity index (χ4n) is 3.23. The summed E-state index contributed by atoms with van der Waals surface area (Å²) in [6.07, 6.45) is 1.67. The first kappa shape index (κ1) is 15.9. The molecule has 128 valence electrons. The Kier molecular flexibility index (Phi) is 3.83. The first-order chi connectivity index (χ1) is 12.0. The van der Waals surface area contributed by atoms with E-state index in [-0.39, 0.29) is 5.54 Å². The van der Waals surface area contributed by atoms with Gasteiger partial charge in [0.1, 0.15) is 17.9 Å². The lowest BCUT2D eigenvalue weighted by Crippen LogP contribution is -2.17. The summed E-state index contributed by atoms with van der Waals surface area (Å²) in [5, 5.41) is 6.66. The lowest BCUT2D eigenvalue weighted by molar-refractivity contribution is 0.279. The number of fused-ring (bicyclic) bond motifs is 1. The van der Waals surface area contributed by atoms with Crippen molar-refractivity contribution in [2.45, 2.75) is 39.2 Å². The molecule has 1 aliphatic rings. The van der Waals surface area contributed by atoms with Crippen molar-refractivity contribution in [1.29, 1.82) is 0 Å². The second-order valence-electron chi connectivity index (χ2n) is 7.27. The minimum absolute atomic E-state index is 0.186. The Bertz CT molecular complexity index is 953. The molecule has 0 fully saturated rings. The van der Waals surface area contributed by atoms with Crippen LogP contribution in [0, 0.1) is 6.92 Å². The Morgan fingerprint density at radius 3 is 2.60 bits per heavy atom. The van der Waals surface area contributed by atoms with E-state index in [0.717, 1.165) is 29.9 Å². The summed E-state index contributed by atoms with van der Waals surface area (Å²) in [4.78, 5) is 4.67. The summed E-state index contributed by atoms with van der Waals surface area (Å²) in [6.45, 7) is 6.67. The van der Waals surface area contributed by atoms with Gasteiger partial charge in [-0.1, -0.05) is 47.6 Å². The average molecular weight is 334 g/mol. The van der Waals surface area contributed by atoms with E-state index >= 15 is 0 Å². The van der Waals surface area contributed by atoms with Crippen molar-refractivity contribution in [3.05, 3.63) is 65.0 Å². The molecule has 0 unspecified atom stereocenters. The number of hydrogen-bond donors (Lipinski definition) is 0. The van der Waals surface area contributed by atoms with E-state index in [1.165, 1.54) is 16.3 Å². The van der Waals surface area contributed by atoms with Crippen LogP contribution in [0.2, 0.25) is 0 Å². The molecule has 0 spiro atoms. The molecule has 2 aromatic carbocycles. The van der Waals surface area contributed by atoms with E-state index in [9.17, 15) is 0 Å². The highest BCUT2D eigenvalue weighted by Crippen LogP contribution is 2.26. The van der Waals surface area contributed by atoms with Crippen molar-refractivity contribution < 1.29 is 9.26 Å². The molecule has 0 radical (unpaired) electrons. The van der Waals surface area contributed by atoms with Crippen LogP contribution in [-0.4, -0.2) is 23.2 Å². The molecule has 3 aromatic rings. The molecule has 0 saturated heterocycles. The average Bonchev–Trinajstić information content (AvgIpc) is 3.14. The van der Waals surface area contributed by atoms with Gasteiger partial charge in [0.25, 0.3) is 0 Å². The monoisotopic (exact) mass is 334 g/mol. The zero-order valence-electron chi connectivity index (χ0n) is 14.9. The fraction of sp³-hybridized carbons (Fsp3) is 0.333. The molecule has 1 aromatic heterocycles. The zero-order valence-corrected chi connectivity index (χ0v) is 14.9. The molecule has 2 heterocycles. The van der Waals surface area contributed by atoms with Crippen LogP contribution in [0.25, 0.3) is 10.8 Å². The normalized spacial score (nSPS) is 16.0. The van der Waals surface area contributed by atoms with Crippen LogP contribution in [0.15, 0.2) is 52.0 Å². The molecular weight excluding hydrogens is 312 g/mol. The van der Waals surface area contributed by atoms with Crippen molar-refractivity contribution in [3.8, 4) is 0 Å². The van der Waals surface area contributed by atoms with Crippen molar-refractivity contribution in [2.75, 3.05) is 6.61 Å². The first-order valence-corrected chi connectivity index (χ1v) is 8.68. The fourth-order valence-corrected chi connectivity index (χ4v) is 3.23. The van der Waals surface area contributed by atoms with Crippen LogP contribution in [0.3, 0.4) is 0 Å². The van der Waals surface area contributed by atoms with E-state index in [2.05, 4.69) is 66.5 Å². The minimum atomic E-state index is -0.186. The van der Waals surface area contributed by atoms with E-state index in [0.29, 0.717) is 12.5 Å². The number of rotatable bonds is 4. The van der Waals surface area contributed by atoms with Gasteiger partial charge >= 0.3 is 0 Å². The van der Waals surface area contributed by atoms with Gasteiger partial charge < -0.3 is 9.26 Å². The maximum absolute atomic E-state index is 5.79. The molecule has 0 bridgehead atoms. The number of aromatic nitrogens is 1. The second kappa shape index (κ2) is 6.03. The van der Waals surface area contributed by atoms with Crippen LogP contribution >= 0.6 is 0 Å². The molecule has 0 saturated carbocycles. The predicted molar refractivity (Wildman–Crippen MR) is 99.2 cm³/mol. The Morgan fingerprint density at radius 1 is 1.04 bits per heavy atom. The number of aliphatic imine (C=N–C) groups is 1. The summed E-state index contributed by atoms with van der Waals surface area (Å²) in [5.41, 5.74) is 2.86. The molecule has 0 amide bonds. The predicted octanol–water partition coefficient (Wildman–Crippen LogP) is 4.48. The van der Waals surface area contributed by atoms with Gasteiger partial charge in [0.05, 0.1) is 11.2 Å². The van der Waals surface area contributed by atoms with Gasteiger partial charge in [-0.15, -0.1) is 0 Å². The Balaban J connectivity index is 1.57. The molecule has 4 heteroatoms. The van der Waals surface area contributed by atoms with Crippen LogP contribution in [0.1, 0.15) is 36.4 Å². The standard InChI is InChI=1S/C21H22N2O2/c1-14-19(20-22-21(2,3)13-24-20)18(25-23-14)11-9-15-8-10-16-6-4-5-7-17(16)12-15/h4-8,10,12H,9,11,13H2,1-3H3. The third-order valence-corrected chi connectivity index (χ3v) is 4.57. The highest BCUT2D eigenvalue weighted by molar-refractivity contribution is 5.97. The molecular formula is C21H22N2O2. The topological polar surface area (TPSA) is 47.6 Å². The van der Waals surface area contributed by atoms with E-state index < -0.39 is 0 Å². The minimum Gasteiger partial charge on any atom is -0.475 e. The smallest absolute Gasteiger partial charge is 0.222 e. The Labute approximate surface area is 147 Å². The van der Waals surface area contributed by atoms with E-state index in [4.69, 9.17) is 9.26 Å². The van der Waals surface area contributed by atoms with Crippen molar-refractivity contribution in [2.24, 2.45) is 4.99 Å². The molecule has 0 aliphatic carbocycles. The molecule has 0 atom stereocenters. The van der Waals surface area contributed by atoms with E-state index in [1.54, 1.807) is 0 Å². The van der Waals surface area contributed by atoms with Gasteiger partial charge in [-0.2, -0.15) is 0 Å². The summed E-state index contributed by atoms with van der Waals surface area (Å²) in [6, 6.07) is 15.0. The van der Waals surface area contributed by atoms with Gasteiger partial charge in [-0.25, -0.2) is 4.99 Å². The maximum Gasteiger partial charge on any atom is 0.222 e. The highest BCUT2D eigenvalue weighted by Gasteiger charge is 2.31. The van der Waals surface area contributed by atoms with Gasteiger partial charge in [-0.05, 0) is 43.5 Å². The number of benzene rings is 2. The van der Waals surface area contributed by atoms with Crippen LogP contribution in [0.5, 0.6) is 0 Å². The van der Waals surface area contributed by atoms with Gasteiger partial charge in [-0.3, -0.25) is 0 Å². The van der Waals surface area contributed by atoms with Crippen LogP contribution in [0.4, 0.5) is 0 Å². The summed E-state index contributed by atoms with van der Waals surface area (Å²) in [7, 11) is 0. The summed E-state index contributed by atoms with van der Waals surface area (Å²) >= 11 is 0. The summed E-state index contributed by atoms with van der Waals surface area (Å²) in [5.74, 6) is 1.51. The maximum atomic E-state index is 5.79. The van der Waals surface area contributed by atoms with Crippen molar-refractivity contribution in [3.63, 3.8) is 0 Å². The van der Waals surface area contributed by atoms with Gasteiger partial charge in [0.2, 0.25) is 5.90 Å². The molecule has 25 heavy (non-hydrogen) atoms. The second-order valence-corrected chi connectivity index (χ2v) is 7.27. The Morgan fingerprint density at radius 2 is 1.84 bits per heavy atom. The molecule has 0 N–H and O–H groups in total. The third kappa shape index (κ3) is 3.16. The first-order valence-electron chi connectivity index (χ1n) is 8.68. The zero-order chi connectivity index (χ0) is 17.4. The SMILES string of the molecule is Cc1noc(CCc2ccc3ccccc3c2)c1C1=NC(C)(C)CO1. The van der Waals surface area contributed by atoms with Crippen LogP contribution in [-0.2, 0) is 17.6 Å². The lowest BCUT2D eigenvalue weighted by atomic mass is 10.0. The molecule has 4 rings (SSSR count). The number of aryl methyl sites for hydroxylation is 3. The van der Waals surface area contributed by atoms with Gasteiger partial charge in [0.15, 0.2) is 0 Å². The largest absolute Gasteiger partial charge is 0.475 e. The Hall–Kier alpha value is -2.62. The van der Waals surface area contributed by atoms with Crippen molar-refractivity contribution in [1.82, 2.24) is 5.16 Å². The quantitative estimate of drug-likeness (QED) is 0.707. The van der Waals surface area contributed by atoms with E-state index in [1.807, 2.05) is 6.92 Å². The molecule has 4 nitrogen and oxygen atoms in total.